The van der Waals surface area contributed by atoms with Crippen LogP contribution in [0.1, 0.15) is 5.69 Å². The lowest BCUT2D eigenvalue weighted by Crippen LogP contribution is -2.04. The van der Waals surface area contributed by atoms with Crippen molar-refractivity contribution in [2.75, 3.05) is 5.32 Å². The molecule has 1 heterocycles. The molecule has 0 aliphatic rings. The van der Waals surface area contributed by atoms with Gasteiger partial charge in [0.05, 0.1) is 17.7 Å². The molecular weight excluding hydrogens is 281 g/mol. The summed E-state index contributed by atoms with van der Waals surface area (Å²) in [5.41, 5.74) is -1.31. The highest BCUT2D eigenvalue weighted by Gasteiger charge is 2.30. The summed E-state index contributed by atoms with van der Waals surface area (Å²) in [5, 5.41) is 4.82. The number of thiazole rings is 1. The number of nitrogens with one attached hydrogen (secondary N) is 1. The van der Waals surface area contributed by atoms with Crippen molar-refractivity contribution in [2.24, 2.45) is 0 Å². The molecule has 96 valence electrons. The van der Waals surface area contributed by atoms with E-state index in [1.807, 2.05) is 5.38 Å². The van der Waals surface area contributed by atoms with Gasteiger partial charge in [-0.3, -0.25) is 0 Å². The van der Waals surface area contributed by atoms with Crippen molar-refractivity contribution in [3.05, 3.63) is 40.8 Å². The Bertz CT molecular complexity index is 497. The molecule has 0 fully saturated rings. The molecule has 0 amide bonds. The summed E-state index contributed by atoms with van der Waals surface area (Å²) >= 11 is 1.34. The van der Waals surface area contributed by atoms with Crippen LogP contribution in [-0.2, 0) is 6.54 Å². The van der Waals surface area contributed by atoms with Crippen molar-refractivity contribution < 1.29 is 13.2 Å². The zero-order chi connectivity index (χ0) is 13.0. The van der Waals surface area contributed by atoms with Crippen LogP contribution in [0.15, 0.2) is 40.1 Å². The van der Waals surface area contributed by atoms with Crippen molar-refractivity contribution in [3.63, 3.8) is 0 Å². The third-order valence-electron chi connectivity index (χ3n) is 2.06. The number of halogens is 3. The van der Waals surface area contributed by atoms with Crippen LogP contribution in [0.3, 0.4) is 0 Å². The lowest BCUT2D eigenvalue weighted by Gasteiger charge is -2.12. The van der Waals surface area contributed by atoms with Gasteiger partial charge in [-0.2, -0.15) is 13.2 Å². The molecule has 2 rings (SSSR count). The minimum atomic E-state index is -4.28. The predicted molar refractivity (Wildman–Crippen MR) is 67.8 cm³/mol. The van der Waals surface area contributed by atoms with E-state index in [9.17, 15) is 13.2 Å². The number of para-hydroxylation sites is 1. The largest absolute Gasteiger partial charge is 0.446 e. The number of aromatic nitrogens is 1. The highest BCUT2D eigenvalue weighted by atomic mass is 32.2. The van der Waals surface area contributed by atoms with Crippen molar-refractivity contribution in [1.29, 1.82) is 0 Å². The maximum absolute atomic E-state index is 12.4. The number of hydrogen-bond acceptors (Lipinski definition) is 4. The van der Waals surface area contributed by atoms with Gasteiger partial charge in [0.2, 0.25) is 0 Å². The molecule has 7 heteroatoms. The molecule has 0 atom stereocenters. The Kier molecular flexibility index (Phi) is 4.13. The smallest absolute Gasteiger partial charge is 0.378 e. The molecule has 2 aromatic rings. The van der Waals surface area contributed by atoms with Crippen molar-refractivity contribution >= 4 is 28.8 Å². The van der Waals surface area contributed by atoms with Gasteiger partial charge < -0.3 is 5.32 Å². The van der Waals surface area contributed by atoms with Gasteiger partial charge >= 0.3 is 5.51 Å². The van der Waals surface area contributed by atoms with Crippen LogP contribution in [0.5, 0.6) is 0 Å². The van der Waals surface area contributed by atoms with Gasteiger partial charge in [0.1, 0.15) is 0 Å². The van der Waals surface area contributed by atoms with Gasteiger partial charge in [-0.1, -0.05) is 12.1 Å². The first-order valence-electron chi connectivity index (χ1n) is 5.00. The van der Waals surface area contributed by atoms with E-state index in [2.05, 4.69) is 10.3 Å². The Morgan fingerprint density at radius 2 is 2.06 bits per heavy atom. The van der Waals surface area contributed by atoms with Gasteiger partial charge in [-0.15, -0.1) is 11.3 Å². The van der Waals surface area contributed by atoms with E-state index in [1.54, 1.807) is 23.7 Å². The molecular formula is C11H9F3N2S2. The summed E-state index contributed by atoms with van der Waals surface area (Å²) < 4.78 is 37.1. The second-order valence-corrected chi connectivity index (χ2v) is 5.20. The molecule has 0 bridgehead atoms. The van der Waals surface area contributed by atoms with E-state index < -0.39 is 5.51 Å². The summed E-state index contributed by atoms with van der Waals surface area (Å²) in [6.07, 6.45) is 0. The molecule has 0 saturated heterocycles. The molecule has 0 unspecified atom stereocenters. The summed E-state index contributed by atoms with van der Waals surface area (Å²) in [6.45, 7) is 0.416. The minimum Gasteiger partial charge on any atom is -0.378 e. The molecule has 0 spiro atoms. The average Bonchev–Trinajstić information content (AvgIpc) is 2.79. The molecule has 1 aromatic heterocycles. The highest BCUT2D eigenvalue weighted by molar-refractivity contribution is 8.00. The quantitative estimate of drug-likeness (QED) is 0.846. The molecule has 0 saturated carbocycles. The fourth-order valence-electron chi connectivity index (χ4n) is 1.34. The first kappa shape index (κ1) is 13.2. The fourth-order valence-corrected chi connectivity index (χ4v) is 2.54. The zero-order valence-corrected chi connectivity index (χ0v) is 10.7. The fraction of sp³-hybridized carbons (Fsp3) is 0.182. The third kappa shape index (κ3) is 3.92. The first-order valence-corrected chi connectivity index (χ1v) is 6.76. The molecule has 18 heavy (non-hydrogen) atoms. The Labute approximate surface area is 110 Å². The highest BCUT2D eigenvalue weighted by Crippen LogP contribution is 2.40. The number of alkyl halides is 3. The number of hydrogen-bond donors (Lipinski definition) is 1. The van der Waals surface area contributed by atoms with Crippen LogP contribution in [0.4, 0.5) is 18.9 Å². The zero-order valence-electron chi connectivity index (χ0n) is 9.07. The van der Waals surface area contributed by atoms with E-state index >= 15 is 0 Å². The monoisotopic (exact) mass is 290 g/mol. The van der Waals surface area contributed by atoms with E-state index in [4.69, 9.17) is 0 Å². The van der Waals surface area contributed by atoms with Gasteiger partial charge in [-0.05, 0) is 23.9 Å². The van der Waals surface area contributed by atoms with Crippen molar-refractivity contribution in [2.45, 2.75) is 16.9 Å². The van der Waals surface area contributed by atoms with Gasteiger partial charge in [-0.25, -0.2) is 4.98 Å². The molecule has 0 aliphatic heterocycles. The number of benzene rings is 1. The summed E-state index contributed by atoms with van der Waals surface area (Å²) in [4.78, 5) is 4.23. The third-order valence-corrected chi connectivity index (χ3v) is 3.50. The molecule has 2 nitrogen and oxygen atoms in total. The lowest BCUT2D eigenvalue weighted by molar-refractivity contribution is -0.0327. The summed E-state index contributed by atoms with van der Waals surface area (Å²) in [6, 6.07) is 6.36. The Morgan fingerprint density at radius 1 is 1.28 bits per heavy atom. The number of nitrogens with zero attached hydrogens (tertiary/aromatic N) is 1. The second kappa shape index (κ2) is 5.62. The van der Waals surface area contributed by atoms with Gasteiger partial charge in [0, 0.05) is 16.0 Å². The van der Waals surface area contributed by atoms with Crippen LogP contribution in [0.25, 0.3) is 0 Å². The van der Waals surface area contributed by atoms with E-state index in [0.717, 1.165) is 5.69 Å². The molecule has 0 radical (unpaired) electrons. The second-order valence-electron chi connectivity index (χ2n) is 3.38. The van der Waals surface area contributed by atoms with Crippen LogP contribution in [0, 0.1) is 0 Å². The van der Waals surface area contributed by atoms with Gasteiger partial charge in [0.15, 0.2) is 0 Å². The predicted octanol–water partition coefficient (Wildman–Crippen LogP) is 4.37. The van der Waals surface area contributed by atoms with E-state index in [1.165, 1.54) is 17.4 Å². The SMILES string of the molecule is FC(F)(F)Sc1ccccc1NCc1cscn1. The van der Waals surface area contributed by atoms with E-state index in [-0.39, 0.29) is 16.7 Å². The maximum Gasteiger partial charge on any atom is 0.446 e. The normalized spacial score (nSPS) is 11.5. The molecule has 1 N–H and O–H groups in total. The average molecular weight is 290 g/mol. The van der Waals surface area contributed by atoms with Crippen molar-refractivity contribution in [1.82, 2.24) is 4.98 Å². The standard InChI is InChI=1S/C11H9F3N2S2/c12-11(13,14)18-10-4-2-1-3-9(10)15-5-8-6-17-7-16-8/h1-4,6-7,15H,5H2. The van der Waals surface area contributed by atoms with Gasteiger partial charge in [0.25, 0.3) is 0 Å². The maximum atomic E-state index is 12.4. The molecule has 0 aliphatic carbocycles. The molecule has 1 aromatic carbocycles. The lowest BCUT2D eigenvalue weighted by atomic mass is 10.3. The van der Waals surface area contributed by atoms with Crippen LogP contribution >= 0.6 is 23.1 Å². The minimum absolute atomic E-state index is 0.116. The van der Waals surface area contributed by atoms with Crippen LogP contribution in [0.2, 0.25) is 0 Å². The van der Waals surface area contributed by atoms with Crippen molar-refractivity contribution in [3.8, 4) is 0 Å². The summed E-state index contributed by atoms with van der Waals surface area (Å²) in [5.74, 6) is 0. The number of thioether (sulfide) groups is 1. The van der Waals surface area contributed by atoms with E-state index in [0.29, 0.717) is 12.2 Å². The summed E-state index contributed by atoms with van der Waals surface area (Å²) in [7, 11) is 0. The Morgan fingerprint density at radius 3 is 2.72 bits per heavy atom. The Hall–Kier alpha value is -1.21. The van der Waals surface area contributed by atoms with Crippen LogP contribution in [-0.4, -0.2) is 10.5 Å². The number of anilines is 1. The first-order chi connectivity index (χ1) is 8.54. The Balaban J connectivity index is 2.07. The van der Waals surface area contributed by atoms with Crippen LogP contribution < -0.4 is 5.32 Å². The number of rotatable bonds is 4. The topological polar surface area (TPSA) is 24.9 Å².